The van der Waals surface area contributed by atoms with Crippen LogP contribution in [0.1, 0.15) is 57.1 Å². The summed E-state index contributed by atoms with van der Waals surface area (Å²) >= 11 is 19.5. The molecule has 202 valence electrons. The molecule has 1 aliphatic carbocycles. The highest BCUT2D eigenvalue weighted by Gasteiger charge is 2.33. The zero-order valence-electron chi connectivity index (χ0n) is 21.4. The molecule has 1 saturated carbocycles. The molecule has 1 fully saturated rings. The number of carbonyl (C=O) groups excluding carboxylic acids is 1. The van der Waals surface area contributed by atoms with Crippen molar-refractivity contribution in [1.29, 1.82) is 0 Å². The molecular weight excluding hydrogens is 573 g/mol. The van der Waals surface area contributed by atoms with Gasteiger partial charge in [-0.3, -0.25) is 0 Å². The summed E-state index contributed by atoms with van der Waals surface area (Å²) in [5.74, 6) is 7.98. The first-order valence-corrected chi connectivity index (χ1v) is 13.8. The number of hydrogen-bond donors (Lipinski definition) is 0. The van der Waals surface area contributed by atoms with Gasteiger partial charge in [0.2, 0.25) is 0 Å². The number of ether oxygens (including phenoxy) is 3. The fourth-order valence-electron chi connectivity index (χ4n) is 4.67. The number of fused-ring (bicyclic) bond motifs is 1. The second-order valence-corrected chi connectivity index (χ2v) is 10.7. The van der Waals surface area contributed by atoms with Gasteiger partial charge in [-0.25, -0.2) is 4.79 Å². The minimum absolute atomic E-state index is 0.209. The minimum Gasteiger partial charge on any atom is -0.492 e. The number of nitrogens with zero attached hydrogens (tertiary/aromatic N) is 1. The third-order valence-corrected chi connectivity index (χ3v) is 7.76. The fourth-order valence-corrected chi connectivity index (χ4v) is 5.47. The molecule has 3 aromatic carbocycles. The smallest absolute Gasteiger partial charge is 0.341 e. The predicted molar refractivity (Wildman–Crippen MR) is 153 cm³/mol. The van der Waals surface area contributed by atoms with Crippen LogP contribution in [-0.2, 0) is 17.8 Å². The van der Waals surface area contributed by atoms with E-state index in [2.05, 4.69) is 17.0 Å². The first kappa shape index (κ1) is 26.6. The van der Waals surface area contributed by atoms with Gasteiger partial charge in [0.1, 0.15) is 35.1 Å². The van der Waals surface area contributed by atoms with Crippen molar-refractivity contribution in [2.75, 3.05) is 13.7 Å². The molecule has 4 aromatic rings. The third kappa shape index (κ3) is 5.25. The average Bonchev–Trinajstić information content (AvgIpc) is 3.53. The fraction of sp³-hybridized carbons (Fsp3) is 0.226. The van der Waals surface area contributed by atoms with E-state index in [1.54, 1.807) is 42.5 Å². The Morgan fingerprint density at radius 1 is 1.05 bits per heavy atom. The zero-order valence-corrected chi connectivity index (χ0v) is 23.6. The molecule has 0 atom stereocenters. The summed E-state index contributed by atoms with van der Waals surface area (Å²) in [5, 5.41) is 5.72. The van der Waals surface area contributed by atoms with Crippen molar-refractivity contribution in [2.45, 2.75) is 31.8 Å². The molecule has 0 unspecified atom stereocenters. The monoisotopic (exact) mass is 593 g/mol. The Morgan fingerprint density at radius 2 is 1.85 bits per heavy atom. The van der Waals surface area contributed by atoms with Crippen LogP contribution in [0.3, 0.4) is 0 Å². The van der Waals surface area contributed by atoms with E-state index in [1.165, 1.54) is 7.11 Å². The molecule has 6 rings (SSSR count). The Bertz CT molecular complexity index is 1680. The molecule has 1 aromatic heterocycles. The van der Waals surface area contributed by atoms with Crippen molar-refractivity contribution in [3.63, 3.8) is 0 Å². The molecule has 0 amide bonds. The summed E-state index contributed by atoms with van der Waals surface area (Å²) in [6.45, 7) is 0.731. The summed E-state index contributed by atoms with van der Waals surface area (Å²) in [6.07, 6.45) is 2.78. The molecule has 2 aliphatic rings. The van der Waals surface area contributed by atoms with Crippen LogP contribution in [0.5, 0.6) is 11.5 Å². The van der Waals surface area contributed by atoms with Gasteiger partial charge in [-0.15, -0.1) is 0 Å². The Labute approximate surface area is 246 Å². The van der Waals surface area contributed by atoms with Crippen LogP contribution in [0.25, 0.3) is 11.3 Å². The van der Waals surface area contributed by atoms with Gasteiger partial charge in [-0.05, 0) is 54.8 Å². The van der Waals surface area contributed by atoms with E-state index >= 15 is 0 Å². The van der Waals surface area contributed by atoms with Gasteiger partial charge in [0, 0.05) is 35.1 Å². The number of hydrogen-bond acceptors (Lipinski definition) is 6. The molecule has 40 heavy (non-hydrogen) atoms. The molecule has 0 N–H and O–H groups in total. The maximum Gasteiger partial charge on any atom is 0.341 e. The van der Waals surface area contributed by atoms with Gasteiger partial charge in [0.25, 0.3) is 0 Å². The Kier molecular flexibility index (Phi) is 7.37. The van der Waals surface area contributed by atoms with E-state index in [1.807, 2.05) is 6.07 Å². The van der Waals surface area contributed by atoms with Crippen LogP contribution < -0.4 is 9.47 Å². The highest BCUT2D eigenvalue weighted by atomic mass is 35.5. The van der Waals surface area contributed by atoms with Crippen molar-refractivity contribution in [3.8, 4) is 34.6 Å². The Hall–Kier alpha value is -3.63. The van der Waals surface area contributed by atoms with Crippen LogP contribution in [0.2, 0.25) is 15.1 Å². The topological polar surface area (TPSA) is 70.8 Å². The summed E-state index contributed by atoms with van der Waals surface area (Å²) < 4.78 is 22.4. The predicted octanol–water partition coefficient (Wildman–Crippen LogP) is 7.88. The summed E-state index contributed by atoms with van der Waals surface area (Å²) in [6, 6.07) is 14.2. The van der Waals surface area contributed by atoms with Crippen molar-refractivity contribution in [1.82, 2.24) is 5.16 Å². The molecule has 9 heteroatoms. The van der Waals surface area contributed by atoms with E-state index in [4.69, 9.17) is 53.5 Å². The lowest BCUT2D eigenvalue weighted by atomic mass is 10.0. The lowest BCUT2D eigenvalue weighted by Gasteiger charge is -2.10. The van der Waals surface area contributed by atoms with E-state index in [-0.39, 0.29) is 6.61 Å². The highest BCUT2D eigenvalue weighted by molar-refractivity contribution is 6.39. The number of esters is 1. The average molecular weight is 595 g/mol. The normalized spacial score (nSPS) is 13.7. The molecule has 0 radical (unpaired) electrons. The van der Waals surface area contributed by atoms with Crippen LogP contribution in [0.15, 0.2) is 53.1 Å². The summed E-state index contributed by atoms with van der Waals surface area (Å²) in [4.78, 5) is 12.2. The number of halogens is 3. The quantitative estimate of drug-likeness (QED) is 0.167. The second kappa shape index (κ2) is 11.1. The second-order valence-electron chi connectivity index (χ2n) is 9.53. The summed E-state index contributed by atoms with van der Waals surface area (Å²) in [5.41, 5.74) is 4.62. The zero-order chi connectivity index (χ0) is 27.8. The number of benzene rings is 3. The van der Waals surface area contributed by atoms with Gasteiger partial charge in [0.05, 0.1) is 34.3 Å². The van der Waals surface area contributed by atoms with E-state index in [9.17, 15) is 4.79 Å². The van der Waals surface area contributed by atoms with Crippen LogP contribution >= 0.6 is 34.8 Å². The van der Waals surface area contributed by atoms with Gasteiger partial charge >= 0.3 is 5.97 Å². The maximum absolute atomic E-state index is 12.2. The standard InChI is InChI=1S/C31H22Cl3NO5/c1-37-31(36)22-14-17(13-20-11-12-38-29(20)22)5-6-18-9-10-21(15-26(18)34)39-16-23-28(35-40-30(23)19-7-8-19)27-24(32)3-2-4-25(27)33/h2-4,9-10,13-15,19H,7-8,11-12,16H2,1H3. The summed E-state index contributed by atoms with van der Waals surface area (Å²) in [7, 11) is 1.34. The van der Waals surface area contributed by atoms with Crippen molar-refractivity contribution >= 4 is 40.8 Å². The number of methoxy groups -OCH3 is 1. The number of aromatic nitrogens is 1. The first-order chi connectivity index (χ1) is 19.4. The lowest BCUT2D eigenvalue weighted by Crippen LogP contribution is -2.04. The van der Waals surface area contributed by atoms with Gasteiger partial charge in [0.15, 0.2) is 0 Å². The van der Waals surface area contributed by atoms with E-state index < -0.39 is 5.97 Å². The number of rotatable bonds is 6. The SMILES string of the molecule is COC(=O)c1cc(C#Cc2ccc(OCc3c(-c4c(Cl)cccc4Cl)noc3C3CC3)cc2Cl)cc2c1OCC2. The van der Waals surface area contributed by atoms with E-state index in [0.29, 0.717) is 73.5 Å². The lowest BCUT2D eigenvalue weighted by molar-refractivity contribution is 0.0597. The van der Waals surface area contributed by atoms with Crippen molar-refractivity contribution < 1.29 is 23.5 Å². The Balaban J connectivity index is 1.24. The van der Waals surface area contributed by atoms with Crippen molar-refractivity contribution in [3.05, 3.63) is 97.2 Å². The van der Waals surface area contributed by atoms with Gasteiger partial charge in [-0.1, -0.05) is 57.9 Å². The molecule has 1 aliphatic heterocycles. The van der Waals surface area contributed by atoms with Gasteiger partial charge < -0.3 is 18.7 Å². The van der Waals surface area contributed by atoms with Gasteiger partial charge in [-0.2, -0.15) is 0 Å². The molecule has 0 spiro atoms. The van der Waals surface area contributed by atoms with Crippen LogP contribution in [-0.4, -0.2) is 24.8 Å². The maximum atomic E-state index is 12.2. The van der Waals surface area contributed by atoms with Crippen LogP contribution in [0.4, 0.5) is 0 Å². The highest BCUT2D eigenvalue weighted by Crippen LogP contribution is 2.46. The van der Waals surface area contributed by atoms with Crippen molar-refractivity contribution in [2.24, 2.45) is 0 Å². The molecule has 6 nitrogen and oxygen atoms in total. The largest absolute Gasteiger partial charge is 0.492 e. The molecule has 0 saturated heterocycles. The minimum atomic E-state index is -0.459. The first-order valence-electron chi connectivity index (χ1n) is 12.7. The Morgan fingerprint density at radius 3 is 2.58 bits per heavy atom. The number of carbonyl (C=O) groups is 1. The molecular formula is C31H22Cl3NO5. The van der Waals surface area contributed by atoms with Crippen LogP contribution in [0, 0.1) is 11.8 Å². The molecule has 0 bridgehead atoms. The molecule has 2 heterocycles. The third-order valence-electron chi connectivity index (χ3n) is 6.82. The van der Waals surface area contributed by atoms with E-state index in [0.717, 1.165) is 29.7 Å².